The standard InChI is InChI=1S/C11H10N2O3/c1-2-8(7-12)11(14)9-3-5-10(6-4-9)13(15)16/h3-6,8H,2H2,1H3. The lowest BCUT2D eigenvalue weighted by Gasteiger charge is -2.04. The molecule has 16 heavy (non-hydrogen) atoms. The zero-order chi connectivity index (χ0) is 12.1. The predicted molar refractivity (Wildman–Crippen MR) is 56.8 cm³/mol. The molecule has 0 aliphatic heterocycles. The lowest BCUT2D eigenvalue weighted by molar-refractivity contribution is -0.384. The highest BCUT2D eigenvalue weighted by Crippen LogP contribution is 2.16. The van der Waals surface area contributed by atoms with Crippen molar-refractivity contribution in [3.63, 3.8) is 0 Å². The van der Waals surface area contributed by atoms with E-state index in [1.165, 1.54) is 24.3 Å². The molecule has 0 aromatic heterocycles. The van der Waals surface area contributed by atoms with Crippen molar-refractivity contribution in [2.24, 2.45) is 5.92 Å². The van der Waals surface area contributed by atoms with E-state index in [2.05, 4.69) is 0 Å². The summed E-state index contributed by atoms with van der Waals surface area (Å²) in [6, 6.07) is 7.18. The third-order valence-electron chi connectivity index (χ3n) is 2.24. The molecule has 1 aromatic rings. The van der Waals surface area contributed by atoms with Gasteiger partial charge in [0.2, 0.25) is 0 Å². The Morgan fingerprint density at radius 2 is 2.06 bits per heavy atom. The fraction of sp³-hybridized carbons (Fsp3) is 0.273. The van der Waals surface area contributed by atoms with E-state index in [1.54, 1.807) is 6.92 Å². The van der Waals surface area contributed by atoms with Crippen LogP contribution in [0.4, 0.5) is 5.69 Å². The van der Waals surface area contributed by atoms with Gasteiger partial charge >= 0.3 is 0 Å². The fourth-order valence-electron chi connectivity index (χ4n) is 1.28. The number of ketones is 1. The average molecular weight is 218 g/mol. The molecule has 5 heteroatoms. The lowest BCUT2D eigenvalue weighted by atomic mass is 9.97. The number of hydrogen-bond acceptors (Lipinski definition) is 4. The Morgan fingerprint density at radius 3 is 2.44 bits per heavy atom. The minimum Gasteiger partial charge on any atom is -0.293 e. The molecule has 0 saturated heterocycles. The summed E-state index contributed by atoms with van der Waals surface area (Å²) >= 11 is 0. The van der Waals surface area contributed by atoms with Crippen LogP contribution >= 0.6 is 0 Å². The summed E-state index contributed by atoms with van der Waals surface area (Å²) in [4.78, 5) is 21.6. The maximum Gasteiger partial charge on any atom is 0.269 e. The van der Waals surface area contributed by atoms with Gasteiger partial charge in [-0.1, -0.05) is 6.92 Å². The molecular formula is C11H10N2O3. The van der Waals surface area contributed by atoms with E-state index in [-0.39, 0.29) is 11.5 Å². The van der Waals surface area contributed by atoms with Crippen LogP contribution in [0.1, 0.15) is 23.7 Å². The number of hydrogen-bond donors (Lipinski definition) is 0. The maximum absolute atomic E-state index is 11.7. The first kappa shape index (κ1) is 11.9. The van der Waals surface area contributed by atoms with Gasteiger partial charge < -0.3 is 0 Å². The maximum atomic E-state index is 11.7. The Morgan fingerprint density at radius 1 is 1.50 bits per heavy atom. The van der Waals surface area contributed by atoms with Gasteiger partial charge in [-0.2, -0.15) is 5.26 Å². The van der Waals surface area contributed by atoms with E-state index in [1.807, 2.05) is 6.07 Å². The Kier molecular flexibility index (Phi) is 3.72. The first-order chi connectivity index (χ1) is 7.60. The van der Waals surface area contributed by atoms with Crippen molar-refractivity contribution in [3.05, 3.63) is 39.9 Å². The van der Waals surface area contributed by atoms with Crippen LogP contribution in [0, 0.1) is 27.4 Å². The molecule has 0 N–H and O–H groups in total. The SMILES string of the molecule is CCC(C#N)C(=O)c1ccc([N+](=O)[O-])cc1. The molecule has 0 aliphatic rings. The summed E-state index contributed by atoms with van der Waals surface area (Å²) < 4.78 is 0. The quantitative estimate of drug-likeness (QED) is 0.441. The molecule has 0 radical (unpaired) electrons. The molecule has 1 unspecified atom stereocenters. The first-order valence-corrected chi connectivity index (χ1v) is 4.78. The number of rotatable bonds is 4. The molecule has 1 rings (SSSR count). The van der Waals surface area contributed by atoms with Crippen molar-refractivity contribution in [2.45, 2.75) is 13.3 Å². The van der Waals surface area contributed by atoms with Gasteiger partial charge in [0.1, 0.15) is 5.92 Å². The number of nitro groups is 1. The van der Waals surface area contributed by atoms with Crippen LogP contribution in [0.3, 0.4) is 0 Å². The van der Waals surface area contributed by atoms with Crippen LogP contribution < -0.4 is 0 Å². The van der Waals surface area contributed by atoms with Gasteiger partial charge in [0.15, 0.2) is 5.78 Å². The van der Waals surface area contributed by atoms with Gasteiger partial charge in [0.25, 0.3) is 5.69 Å². The Balaban J connectivity index is 2.94. The first-order valence-electron chi connectivity index (χ1n) is 4.78. The number of nitriles is 1. The third kappa shape index (κ3) is 2.42. The summed E-state index contributed by atoms with van der Waals surface area (Å²) in [5.74, 6) is -0.971. The van der Waals surface area contributed by atoms with E-state index in [4.69, 9.17) is 5.26 Å². The van der Waals surface area contributed by atoms with Crippen LogP contribution in [0.5, 0.6) is 0 Å². The average Bonchev–Trinajstić information content (AvgIpc) is 2.30. The fourth-order valence-corrected chi connectivity index (χ4v) is 1.28. The zero-order valence-corrected chi connectivity index (χ0v) is 8.71. The van der Waals surface area contributed by atoms with Crippen molar-refractivity contribution in [1.82, 2.24) is 0 Å². The van der Waals surface area contributed by atoms with Gasteiger partial charge in [-0.3, -0.25) is 14.9 Å². The van der Waals surface area contributed by atoms with Crippen LogP contribution in [-0.2, 0) is 0 Å². The second kappa shape index (κ2) is 5.03. The Bertz CT molecular complexity index is 445. The number of nitrogens with zero attached hydrogens (tertiary/aromatic N) is 2. The highest BCUT2D eigenvalue weighted by molar-refractivity contribution is 5.99. The molecule has 5 nitrogen and oxygen atoms in total. The number of nitro benzene ring substituents is 1. The molecule has 0 saturated carbocycles. The Labute approximate surface area is 92.5 Å². The number of non-ortho nitro benzene ring substituents is 1. The highest BCUT2D eigenvalue weighted by Gasteiger charge is 2.18. The van der Waals surface area contributed by atoms with Gasteiger partial charge in [0, 0.05) is 17.7 Å². The second-order valence-electron chi connectivity index (χ2n) is 3.26. The van der Waals surface area contributed by atoms with E-state index in [0.29, 0.717) is 12.0 Å². The minimum absolute atomic E-state index is 0.0680. The van der Waals surface area contributed by atoms with Gasteiger partial charge in [-0.15, -0.1) is 0 Å². The number of carbonyl (C=O) groups excluding carboxylic acids is 1. The second-order valence-corrected chi connectivity index (χ2v) is 3.26. The summed E-state index contributed by atoms with van der Waals surface area (Å²) in [5.41, 5.74) is 0.264. The van der Waals surface area contributed by atoms with Crippen molar-refractivity contribution in [2.75, 3.05) is 0 Å². The van der Waals surface area contributed by atoms with Crippen LogP contribution in [0.25, 0.3) is 0 Å². The van der Waals surface area contributed by atoms with Gasteiger partial charge in [-0.05, 0) is 18.6 Å². The molecule has 0 aliphatic carbocycles. The van der Waals surface area contributed by atoms with Crippen molar-refractivity contribution < 1.29 is 9.72 Å². The molecule has 82 valence electrons. The highest BCUT2D eigenvalue weighted by atomic mass is 16.6. The molecule has 0 fully saturated rings. The molecule has 0 bridgehead atoms. The number of benzene rings is 1. The number of carbonyl (C=O) groups is 1. The van der Waals surface area contributed by atoms with Crippen molar-refractivity contribution >= 4 is 11.5 Å². The largest absolute Gasteiger partial charge is 0.293 e. The van der Waals surface area contributed by atoms with E-state index < -0.39 is 10.8 Å². The predicted octanol–water partition coefficient (Wildman–Crippen LogP) is 2.33. The topological polar surface area (TPSA) is 84.0 Å². The summed E-state index contributed by atoms with van der Waals surface area (Å²) in [5, 5.41) is 19.1. The van der Waals surface area contributed by atoms with E-state index >= 15 is 0 Å². The molecule has 0 heterocycles. The van der Waals surface area contributed by atoms with E-state index in [9.17, 15) is 14.9 Å². The number of Topliss-reactive ketones (excluding diaryl/α,β-unsaturated/α-hetero) is 1. The normalized spacial score (nSPS) is 11.5. The molecule has 0 amide bonds. The molecule has 1 aromatic carbocycles. The smallest absolute Gasteiger partial charge is 0.269 e. The van der Waals surface area contributed by atoms with Gasteiger partial charge in [0.05, 0.1) is 11.0 Å². The van der Waals surface area contributed by atoms with Crippen LogP contribution in [-0.4, -0.2) is 10.7 Å². The van der Waals surface area contributed by atoms with E-state index in [0.717, 1.165) is 0 Å². The van der Waals surface area contributed by atoms with Gasteiger partial charge in [-0.25, -0.2) is 0 Å². The summed E-state index contributed by atoms with van der Waals surface area (Å²) in [6.07, 6.45) is 0.437. The zero-order valence-electron chi connectivity index (χ0n) is 8.71. The molecule has 1 atom stereocenters. The molecular weight excluding hydrogens is 208 g/mol. The monoisotopic (exact) mass is 218 g/mol. The third-order valence-corrected chi connectivity index (χ3v) is 2.24. The molecule has 0 spiro atoms. The summed E-state index contributed by atoms with van der Waals surface area (Å²) in [6.45, 7) is 1.75. The Hall–Kier alpha value is -2.22. The summed E-state index contributed by atoms with van der Waals surface area (Å²) in [7, 11) is 0. The lowest BCUT2D eigenvalue weighted by Crippen LogP contribution is -2.11. The van der Waals surface area contributed by atoms with Crippen molar-refractivity contribution in [3.8, 4) is 6.07 Å². The minimum atomic E-state index is -0.679. The van der Waals surface area contributed by atoms with Crippen LogP contribution in [0.2, 0.25) is 0 Å². The van der Waals surface area contributed by atoms with Crippen LogP contribution in [0.15, 0.2) is 24.3 Å². The van der Waals surface area contributed by atoms with Crippen molar-refractivity contribution in [1.29, 1.82) is 5.26 Å².